The van der Waals surface area contributed by atoms with E-state index in [1.807, 2.05) is 35.7 Å². The van der Waals surface area contributed by atoms with E-state index in [1.54, 1.807) is 0 Å². The van der Waals surface area contributed by atoms with E-state index in [-0.39, 0.29) is 5.78 Å². The van der Waals surface area contributed by atoms with E-state index in [0.717, 1.165) is 57.3 Å². The first kappa shape index (κ1) is 23.5. The number of fused-ring (bicyclic) bond motifs is 3. The van der Waals surface area contributed by atoms with Gasteiger partial charge in [0.25, 0.3) is 0 Å². The lowest BCUT2D eigenvalue weighted by molar-refractivity contribution is -0.140. The van der Waals surface area contributed by atoms with Gasteiger partial charge >= 0.3 is 5.97 Å². The molecule has 1 aliphatic carbocycles. The number of nitrogens with zero attached hydrogens (tertiary/aromatic N) is 2. The molecule has 1 aliphatic rings. The summed E-state index contributed by atoms with van der Waals surface area (Å²) in [6, 6.07) is 16.1. The number of ketones is 1. The van der Waals surface area contributed by atoms with Crippen molar-refractivity contribution >= 4 is 50.6 Å². The summed E-state index contributed by atoms with van der Waals surface area (Å²) in [5.74, 6) is 0.349. The van der Waals surface area contributed by atoms with Gasteiger partial charge < -0.3 is 9.40 Å². The van der Waals surface area contributed by atoms with Gasteiger partial charge in [0, 0.05) is 46.4 Å². The Morgan fingerprint density at radius 2 is 1.71 bits per heavy atom. The van der Waals surface area contributed by atoms with E-state index < -0.39 is 5.97 Å². The van der Waals surface area contributed by atoms with Gasteiger partial charge in [-0.25, -0.2) is 4.79 Å². The van der Waals surface area contributed by atoms with Crippen molar-refractivity contribution in [1.82, 2.24) is 4.57 Å². The second kappa shape index (κ2) is 10.2. The number of rotatable bonds is 8. The first-order chi connectivity index (χ1) is 17.0. The minimum Gasteiger partial charge on any atom is -0.341 e. The number of hydrogen-bond acceptors (Lipinski definition) is 5. The molecule has 180 valence electrons. The third-order valence-corrected chi connectivity index (χ3v) is 7.94. The fourth-order valence-electron chi connectivity index (χ4n) is 5.32. The van der Waals surface area contributed by atoms with Crippen LogP contribution < -0.4 is 0 Å². The lowest BCUT2D eigenvalue weighted by atomic mass is 9.96. The van der Waals surface area contributed by atoms with Gasteiger partial charge in [-0.05, 0) is 67.5 Å². The van der Waals surface area contributed by atoms with E-state index in [2.05, 4.69) is 34.8 Å². The van der Waals surface area contributed by atoms with Gasteiger partial charge in [0.05, 0.1) is 10.6 Å². The highest BCUT2D eigenvalue weighted by atomic mass is 32.1. The summed E-state index contributed by atoms with van der Waals surface area (Å²) >= 11 is 1.46. The Morgan fingerprint density at radius 1 is 1.03 bits per heavy atom. The first-order valence-electron chi connectivity index (χ1n) is 12.4. The van der Waals surface area contributed by atoms with E-state index in [1.165, 1.54) is 43.9 Å². The monoisotopic (exact) mass is 486 g/mol. The zero-order valence-electron chi connectivity index (χ0n) is 20.3. The molecule has 2 heterocycles. The molecule has 0 radical (unpaired) electrons. The van der Waals surface area contributed by atoms with Crippen LogP contribution in [0.2, 0.25) is 0 Å². The minimum atomic E-state index is -0.413. The van der Waals surface area contributed by atoms with Crippen LogP contribution in [0.15, 0.2) is 59.1 Å². The van der Waals surface area contributed by atoms with Crippen molar-refractivity contribution in [3.8, 4) is 0 Å². The normalized spacial score (nSPS) is 14.7. The van der Waals surface area contributed by atoms with Crippen LogP contribution >= 0.6 is 11.3 Å². The molecule has 4 aromatic rings. The molecule has 5 rings (SSSR count). The molecular formula is C29H30N2O3S. The Morgan fingerprint density at radius 3 is 2.34 bits per heavy atom. The lowest BCUT2D eigenvalue weighted by Gasteiger charge is -2.11. The zero-order valence-corrected chi connectivity index (χ0v) is 21.1. The third kappa shape index (κ3) is 4.80. The average molecular weight is 487 g/mol. The Kier molecular flexibility index (Phi) is 6.82. The maximum atomic E-state index is 13.0. The minimum absolute atomic E-state index is 0.0455. The molecule has 0 saturated heterocycles. The summed E-state index contributed by atoms with van der Waals surface area (Å²) in [5, 5.41) is 8.31. The van der Waals surface area contributed by atoms with Gasteiger partial charge in [0.15, 0.2) is 0 Å². The number of thiophene rings is 1. The largest absolute Gasteiger partial charge is 0.341 e. The maximum absolute atomic E-state index is 13.0. The molecular weight excluding hydrogens is 456 g/mol. The lowest BCUT2D eigenvalue weighted by Crippen LogP contribution is -2.07. The van der Waals surface area contributed by atoms with Gasteiger partial charge in [-0.1, -0.05) is 43.0 Å². The fourth-order valence-corrected chi connectivity index (χ4v) is 6.00. The standard InChI is InChI=1S/C29H30N2O3S/c1-3-31-26-14-11-21(25(30-34-19(2)32)13-10-20-7-4-5-8-20)17-23(26)24-18-22(12-15-27(24)31)29(33)28-9-6-16-35-28/h6,9,11-12,14-18,20H,3-5,7-8,10,13H2,1-2H3. The van der Waals surface area contributed by atoms with Gasteiger partial charge in [-0.3, -0.25) is 4.79 Å². The van der Waals surface area contributed by atoms with Crippen LogP contribution in [0.5, 0.6) is 0 Å². The average Bonchev–Trinajstić information content (AvgIpc) is 3.63. The van der Waals surface area contributed by atoms with Crippen molar-refractivity contribution < 1.29 is 14.4 Å². The molecule has 2 aromatic heterocycles. The number of aryl methyl sites for hydroxylation is 1. The second-order valence-corrected chi connectivity index (χ2v) is 10.3. The topological polar surface area (TPSA) is 60.7 Å². The number of carbonyl (C=O) groups is 2. The molecule has 0 spiro atoms. The Balaban J connectivity index is 1.58. The van der Waals surface area contributed by atoms with Gasteiger partial charge in [-0.2, -0.15) is 0 Å². The number of benzene rings is 2. The van der Waals surface area contributed by atoms with Crippen molar-refractivity contribution in [3.05, 3.63) is 69.9 Å². The summed E-state index contributed by atoms with van der Waals surface area (Å²) in [5.41, 5.74) is 4.68. The number of aromatic nitrogens is 1. The molecule has 5 nitrogen and oxygen atoms in total. The molecule has 1 fully saturated rings. The van der Waals surface area contributed by atoms with Crippen molar-refractivity contribution in [2.24, 2.45) is 11.1 Å². The van der Waals surface area contributed by atoms with Crippen LogP contribution in [0.1, 0.15) is 73.2 Å². The molecule has 1 saturated carbocycles. The third-order valence-electron chi connectivity index (χ3n) is 7.07. The van der Waals surface area contributed by atoms with Gasteiger partial charge in [0.2, 0.25) is 5.78 Å². The number of carbonyl (C=O) groups excluding carboxylic acids is 2. The molecule has 0 aliphatic heterocycles. The van der Waals surface area contributed by atoms with Crippen molar-refractivity contribution in [3.63, 3.8) is 0 Å². The molecule has 0 amide bonds. The van der Waals surface area contributed by atoms with E-state index in [9.17, 15) is 9.59 Å². The molecule has 6 heteroatoms. The maximum Gasteiger partial charge on any atom is 0.331 e. The molecule has 35 heavy (non-hydrogen) atoms. The smallest absolute Gasteiger partial charge is 0.331 e. The van der Waals surface area contributed by atoms with Crippen molar-refractivity contribution in [1.29, 1.82) is 0 Å². The summed E-state index contributed by atoms with van der Waals surface area (Å²) in [4.78, 5) is 30.4. The fraction of sp³-hybridized carbons (Fsp3) is 0.345. The van der Waals surface area contributed by atoms with Crippen LogP contribution in [0.3, 0.4) is 0 Å². The summed E-state index contributed by atoms with van der Waals surface area (Å²) < 4.78 is 2.27. The van der Waals surface area contributed by atoms with E-state index in [0.29, 0.717) is 11.5 Å². The Hall–Kier alpha value is -3.25. The Labute approximate surface area is 209 Å². The number of hydrogen-bond donors (Lipinski definition) is 0. The van der Waals surface area contributed by atoms with E-state index >= 15 is 0 Å². The van der Waals surface area contributed by atoms with Gasteiger partial charge in [-0.15, -0.1) is 11.3 Å². The van der Waals surface area contributed by atoms with E-state index in [4.69, 9.17) is 4.84 Å². The first-order valence-corrected chi connectivity index (χ1v) is 13.3. The van der Waals surface area contributed by atoms with Crippen molar-refractivity contribution in [2.75, 3.05) is 0 Å². The Bertz CT molecular complexity index is 1410. The van der Waals surface area contributed by atoms with Crippen LogP contribution in [0.25, 0.3) is 21.8 Å². The predicted molar refractivity (Wildman–Crippen MR) is 142 cm³/mol. The molecule has 0 bridgehead atoms. The molecule has 2 aromatic carbocycles. The summed E-state index contributed by atoms with van der Waals surface area (Å²) in [6.07, 6.45) is 6.97. The van der Waals surface area contributed by atoms with Crippen LogP contribution in [-0.2, 0) is 16.2 Å². The molecule has 0 unspecified atom stereocenters. The molecule has 0 N–H and O–H groups in total. The summed E-state index contributed by atoms with van der Waals surface area (Å²) in [6.45, 7) is 4.34. The predicted octanol–water partition coefficient (Wildman–Crippen LogP) is 7.34. The molecule has 0 atom stereocenters. The van der Waals surface area contributed by atoms with Crippen molar-refractivity contribution in [2.45, 2.75) is 58.9 Å². The summed E-state index contributed by atoms with van der Waals surface area (Å²) in [7, 11) is 0. The zero-order chi connectivity index (χ0) is 24.4. The second-order valence-electron chi connectivity index (χ2n) is 9.32. The highest BCUT2D eigenvalue weighted by molar-refractivity contribution is 7.12. The van der Waals surface area contributed by atoms with Gasteiger partial charge in [0.1, 0.15) is 0 Å². The van der Waals surface area contributed by atoms with Crippen LogP contribution in [-0.4, -0.2) is 22.0 Å². The van der Waals surface area contributed by atoms with Crippen LogP contribution in [0, 0.1) is 5.92 Å². The highest BCUT2D eigenvalue weighted by Gasteiger charge is 2.19. The highest BCUT2D eigenvalue weighted by Crippen LogP contribution is 2.33. The quantitative estimate of drug-likeness (QED) is 0.113. The van der Waals surface area contributed by atoms with Crippen LogP contribution in [0.4, 0.5) is 0 Å². The SMILES string of the molecule is CCn1c2ccc(C(=O)c3cccs3)cc2c2cc(C(CCC3CCCC3)=NOC(C)=O)ccc21. The number of oxime groups is 1.